The number of carbonyl (C=O) groups is 1. The average molecular weight is 261 g/mol. The first-order valence-electron chi connectivity index (χ1n) is 6.86. The van der Waals surface area contributed by atoms with Crippen LogP contribution >= 0.6 is 0 Å². The highest BCUT2D eigenvalue weighted by Crippen LogP contribution is 2.26. The molecule has 2 rings (SSSR count). The van der Waals surface area contributed by atoms with E-state index in [-0.39, 0.29) is 12.1 Å². The quantitative estimate of drug-likeness (QED) is 0.871. The predicted octanol–water partition coefficient (Wildman–Crippen LogP) is 2.03. The first-order chi connectivity index (χ1) is 9.04. The van der Waals surface area contributed by atoms with Crippen molar-refractivity contribution in [3.8, 4) is 0 Å². The number of hydrogen-bond donors (Lipinski definition) is 2. The van der Waals surface area contributed by atoms with Crippen molar-refractivity contribution in [2.45, 2.75) is 33.2 Å². The Kier molecular flexibility index (Phi) is 4.10. The van der Waals surface area contributed by atoms with Crippen molar-refractivity contribution < 1.29 is 4.79 Å². The number of hydrogen-bond acceptors (Lipinski definition) is 2. The Hall–Kier alpha value is -1.55. The van der Waals surface area contributed by atoms with Gasteiger partial charge in [-0.05, 0) is 56.0 Å². The first kappa shape index (κ1) is 13.9. The third-order valence-electron chi connectivity index (χ3n) is 4.10. The van der Waals surface area contributed by atoms with Crippen molar-refractivity contribution in [3.63, 3.8) is 0 Å². The fraction of sp³-hybridized carbons (Fsp3) is 0.533. The summed E-state index contributed by atoms with van der Waals surface area (Å²) in [6.45, 7) is 8.48. The summed E-state index contributed by atoms with van der Waals surface area (Å²) in [6, 6.07) is 4.39. The maximum Gasteiger partial charge on any atom is 0.318 e. The minimum Gasteiger partial charge on any atom is -0.330 e. The van der Waals surface area contributed by atoms with E-state index in [1.165, 1.54) is 22.3 Å². The lowest BCUT2D eigenvalue weighted by atomic mass is 9.94. The van der Waals surface area contributed by atoms with Crippen LogP contribution in [0.4, 0.5) is 4.79 Å². The molecule has 104 valence electrons. The van der Waals surface area contributed by atoms with Gasteiger partial charge in [0.2, 0.25) is 0 Å². The van der Waals surface area contributed by atoms with E-state index in [1.54, 1.807) is 0 Å². The number of carbonyl (C=O) groups excluding carboxylic acids is 1. The van der Waals surface area contributed by atoms with Crippen molar-refractivity contribution in [2.24, 2.45) is 5.73 Å². The van der Waals surface area contributed by atoms with Crippen molar-refractivity contribution in [1.29, 1.82) is 0 Å². The summed E-state index contributed by atoms with van der Waals surface area (Å²) in [4.78, 5) is 13.8. The number of amides is 2. The maximum atomic E-state index is 11.9. The molecule has 3 N–H and O–H groups in total. The van der Waals surface area contributed by atoms with E-state index in [4.69, 9.17) is 5.73 Å². The standard InChI is InChI=1S/C15H23N3O/c1-10-5-6-13(12(3)11(10)2)14-9-18(8-4-7-16)15(19)17-14/h5-6,14H,4,7-9,16H2,1-3H3,(H,17,19). The number of nitrogens with one attached hydrogen (secondary N) is 1. The highest BCUT2D eigenvalue weighted by atomic mass is 16.2. The first-order valence-corrected chi connectivity index (χ1v) is 6.86. The van der Waals surface area contributed by atoms with Crippen molar-refractivity contribution in [2.75, 3.05) is 19.6 Å². The number of nitrogens with zero attached hydrogens (tertiary/aromatic N) is 1. The summed E-state index contributed by atoms with van der Waals surface area (Å²) in [7, 11) is 0. The van der Waals surface area contributed by atoms with Gasteiger partial charge in [-0.2, -0.15) is 0 Å². The van der Waals surface area contributed by atoms with E-state index >= 15 is 0 Å². The second-order valence-electron chi connectivity index (χ2n) is 5.31. The maximum absolute atomic E-state index is 11.9. The second-order valence-corrected chi connectivity index (χ2v) is 5.31. The minimum atomic E-state index is 0.0241. The normalized spacial score (nSPS) is 18.8. The van der Waals surface area contributed by atoms with Gasteiger partial charge < -0.3 is 16.0 Å². The zero-order valence-electron chi connectivity index (χ0n) is 12.0. The van der Waals surface area contributed by atoms with E-state index in [0.29, 0.717) is 6.54 Å². The Morgan fingerprint density at radius 2 is 2.05 bits per heavy atom. The zero-order chi connectivity index (χ0) is 14.0. The molecule has 1 aliphatic heterocycles. The molecule has 1 aromatic rings. The second kappa shape index (κ2) is 5.61. The molecule has 1 aliphatic rings. The van der Waals surface area contributed by atoms with E-state index in [2.05, 4.69) is 38.2 Å². The third kappa shape index (κ3) is 2.73. The lowest BCUT2D eigenvalue weighted by molar-refractivity contribution is 0.217. The monoisotopic (exact) mass is 261 g/mol. The SMILES string of the molecule is Cc1ccc(C2CN(CCCN)C(=O)N2)c(C)c1C. The molecular weight excluding hydrogens is 238 g/mol. The summed E-state index contributed by atoms with van der Waals surface area (Å²) < 4.78 is 0. The van der Waals surface area contributed by atoms with Gasteiger partial charge >= 0.3 is 6.03 Å². The molecule has 1 aromatic carbocycles. The third-order valence-corrected chi connectivity index (χ3v) is 4.10. The van der Waals surface area contributed by atoms with E-state index in [0.717, 1.165) is 19.5 Å². The molecule has 1 saturated heterocycles. The summed E-state index contributed by atoms with van der Waals surface area (Å²) in [6.07, 6.45) is 0.853. The van der Waals surface area contributed by atoms with Gasteiger partial charge in [0.25, 0.3) is 0 Å². The lowest BCUT2D eigenvalue weighted by Gasteiger charge is -2.17. The molecule has 0 bridgehead atoms. The molecule has 1 heterocycles. The van der Waals surface area contributed by atoms with Gasteiger partial charge in [0.1, 0.15) is 0 Å². The van der Waals surface area contributed by atoms with Crippen LogP contribution in [0.3, 0.4) is 0 Å². The molecule has 4 nitrogen and oxygen atoms in total. The van der Waals surface area contributed by atoms with E-state index < -0.39 is 0 Å². The van der Waals surface area contributed by atoms with Crippen LogP contribution in [0.5, 0.6) is 0 Å². The Morgan fingerprint density at radius 3 is 2.74 bits per heavy atom. The van der Waals surface area contributed by atoms with E-state index in [9.17, 15) is 4.79 Å². The molecule has 1 unspecified atom stereocenters. The number of nitrogens with two attached hydrogens (primary N) is 1. The molecule has 1 atom stereocenters. The fourth-order valence-electron chi connectivity index (χ4n) is 2.59. The summed E-state index contributed by atoms with van der Waals surface area (Å²) >= 11 is 0. The van der Waals surface area contributed by atoms with Gasteiger partial charge in [0.05, 0.1) is 6.04 Å². The van der Waals surface area contributed by atoms with Crippen LogP contribution in [0.2, 0.25) is 0 Å². The molecule has 19 heavy (non-hydrogen) atoms. The molecule has 1 fully saturated rings. The fourth-order valence-corrected chi connectivity index (χ4v) is 2.59. The summed E-state index contributed by atoms with van der Waals surface area (Å²) in [5.41, 5.74) is 10.6. The van der Waals surface area contributed by atoms with Crippen LogP contribution in [0, 0.1) is 20.8 Å². The lowest BCUT2D eigenvalue weighted by Crippen LogP contribution is -2.30. The average Bonchev–Trinajstić information content (AvgIpc) is 2.75. The van der Waals surface area contributed by atoms with Crippen molar-refractivity contribution in [3.05, 3.63) is 34.4 Å². The Labute approximate surface area is 115 Å². The molecule has 4 heteroatoms. The van der Waals surface area contributed by atoms with Gasteiger partial charge in [-0.1, -0.05) is 12.1 Å². The van der Waals surface area contributed by atoms with Crippen LogP contribution in [0.1, 0.15) is 34.7 Å². The van der Waals surface area contributed by atoms with Crippen LogP contribution in [-0.2, 0) is 0 Å². The topological polar surface area (TPSA) is 58.4 Å². The van der Waals surface area contributed by atoms with Gasteiger partial charge in [0, 0.05) is 13.1 Å². The molecule has 0 aromatic heterocycles. The molecule has 0 radical (unpaired) electrons. The largest absolute Gasteiger partial charge is 0.330 e. The van der Waals surface area contributed by atoms with Gasteiger partial charge in [-0.25, -0.2) is 4.79 Å². The molecule has 0 saturated carbocycles. The van der Waals surface area contributed by atoms with Crippen LogP contribution < -0.4 is 11.1 Å². The number of rotatable bonds is 4. The van der Waals surface area contributed by atoms with Crippen LogP contribution in [-0.4, -0.2) is 30.6 Å². The Morgan fingerprint density at radius 1 is 1.32 bits per heavy atom. The van der Waals surface area contributed by atoms with Gasteiger partial charge in [-0.15, -0.1) is 0 Å². The van der Waals surface area contributed by atoms with E-state index in [1.807, 2.05) is 4.90 Å². The molecule has 0 spiro atoms. The highest BCUT2D eigenvalue weighted by molar-refractivity contribution is 5.77. The molecule has 0 aliphatic carbocycles. The number of benzene rings is 1. The Bertz CT molecular complexity index is 485. The highest BCUT2D eigenvalue weighted by Gasteiger charge is 2.30. The minimum absolute atomic E-state index is 0.0241. The number of aryl methyl sites for hydroxylation is 1. The van der Waals surface area contributed by atoms with Crippen molar-refractivity contribution >= 4 is 6.03 Å². The van der Waals surface area contributed by atoms with Gasteiger partial charge in [0.15, 0.2) is 0 Å². The molecule has 2 amide bonds. The zero-order valence-corrected chi connectivity index (χ0v) is 12.0. The van der Waals surface area contributed by atoms with Gasteiger partial charge in [-0.3, -0.25) is 0 Å². The van der Waals surface area contributed by atoms with Crippen LogP contribution in [0.15, 0.2) is 12.1 Å². The smallest absolute Gasteiger partial charge is 0.318 e. The van der Waals surface area contributed by atoms with Crippen molar-refractivity contribution in [1.82, 2.24) is 10.2 Å². The number of urea groups is 1. The van der Waals surface area contributed by atoms with Crippen LogP contribution in [0.25, 0.3) is 0 Å². The summed E-state index contributed by atoms with van der Waals surface area (Å²) in [5.74, 6) is 0. The Balaban J connectivity index is 2.16. The summed E-state index contributed by atoms with van der Waals surface area (Å²) in [5, 5.41) is 3.06. The predicted molar refractivity (Wildman–Crippen MR) is 77.2 cm³/mol. The molecular formula is C15H23N3O.